The molecule has 4 rings (SSSR count). The number of hydrogen-bond acceptors (Lipinski definition) is 8. The monoisotopic (exact) mass is 409 g/mol. The predicted octanol–water partition coefficient (Wildman–Crippen LogP) is 0.580. The molecule has 0 unspecified atom stereocenters. The Balaban J connectivity index is 1.57. The van der Waals surface area contributed by atoms with Crippen LogP contribution < -0.4 is 10.5 Å². The lowest BCUT2D eigenvalue weighted by Gasteiger charge is -2.34. The van der Waals surface area contributed by atoms with Crippen molar-refractivity contribution < 1.29 is 9.53 Å². The fourth-order valence-corrected chi connectivity index (χ4v) is 3.50. The summed E-state index contributed by atoms with van der Waals surface area (Å²) in [6, 6.07) is 5.27. The zero-order valence-electron chi connectivity index (χ0n) is 16.8. The molecular weight excluding hydrogens is 386 g/mol. The zero-order chi connectivity index (χ0) is 20.9. The molecule has 1 fully saturated rings. The number of methoxy groups -OCH3 is 1. The van der Waals surface area contributed by atoms with Crippen molar-refractivity contribution in [1.82, 2.24) is 29.4 Å². The summed E-state index contributed by atoms with van der Waals surface area (Å²) in [5.74, 6) is 0.278. The van der Waals surface area contributed by atoms with Crippen molar-refractivity contribution >= 4 is 23.0 Å². The van der Waals surface area contributed by atoms with Crippen molar-refractivity contribution in [3.63, 3.8) is 0 Å². The Bertz CT molecular complexity index is 1080. The largest absolute Gasteiger partial charge is 0.385 e. The van der Waals surface area contributed by atoms with Crippen LogP contribution in [0.1, 0.15) is 16.9 Å². The third-order valence-electron chi connectivity index (χ3n) is 5.04. The first-order valence-electron chi connectivity index (χ1n) is 9.85. The van der Waals surface area contributed by atoms with Gasteiger partial charge in [-0.3, -0.25) is 14.2 Å². The molecule has 0 spiro atoms. The van der Waals surface area contributed by atoms with E-state index in [0.717, 1.165) is 0 Å². The van der Waals surface area contributed by atoms with E-state index in [-0.39, 0.29) is 11.6 Å². The van der Waals surface area contributed by atoms with Gasteiger partial charge < -0.3 is 14.5 Å². The normalized spacial score (nSPS) is 14.3. The van der Waals surface area contributed by atoms with E-state index < -0.39 is 5.56 Å². The molecule has 1 amide bonds. The SMILES string of the molecule is COCCCn1c(=O)c(C(=O)N2CCN(c3ncccn3)CC2)nc2cccnc21. The molecule has 3 aromatic rings. The fourth-order valence-electron chi connectivity index (χ4n) is 3.50. The third-order valence-corrected chi connectivity index (χ3v) is 5.04. The minimum absolute atomic E-state index is 0.0719. The van der Waals surface area contributed by atoms with Crippen LogP contribution in [0.2, 0.25) is 0 Å². The molecule has 0 aromatic carbocycles. The molecular formula is C20H23N7O3. The second-order valence-electron chi connectivity index (χ2n) is 6.94. The van der Waals surface area contributed by atoms with Crippen LogP contribution >= 0.6 is 0 Å². The van der Waals surface area contributed by atoms with E-state index in [4.69, 9.17) is 4.74 Å². The average Bonchev–Trinajstić information content (AvgIpc) is 2.80. The number of aromatic nitrogens is 5. The Morgan fingerprint density at radius 1 is 1.07 bits per heavy atom. The van der Waals surface area contributed by atoms with Crippen LogP contribution in [0.4, 0.5) is 5.95 Å². The number of rotatable bonds is 6. The van der Waals surface area contributed by atoms with E-state index in [1.807, 2.05) is 4.90 Å². The number of nitrogens with zero attached hydrogens (tertiary/aromatic N) is 7. The number of anilines is 1. The van der Waals surface area contributed by atoms with Crippen LogP contribution in [-0.2, 0) is 11.3 Å². The van der Waals surface area contributed by atoms with Crippen molar-refractivity contribution in [1.29, 1.82) is 0 Å². The number of carbonyl (C=O) groups excluding carboxylic acids is 1. The summed E-state index contributed by atoms with van der Waals surface area (Å²) in [6.07, 6.45) is 5.63. The molecule has 1 aliphatic heterocycles. The first kappa shape index (κ1) is 19.9. The molecule has 10 heteroatoms. The quantitative estimate of drug-likeness (QED) is 0.544. The van der Waals surface area contributed by atoms with E-state index >= 15 is 0 Å². The highest BCUT2D eigenvalue weighted by Gasteiger charge is 2.27. The summed E-state index contributed by atoms with van der Waals surface area (Å²) in [7, 11) is 1.61. The standard InChI is InChI=1S/C20H23N7O3/c1-30-14-4-9-27-17-15(5-2-6-21-17)24-16(19(27)29)18(28)25-10-12-26(13-11-25)20-22-7-3-8-23-20/h2-3,5-8H,4,9-14H2,1H3. The van der Waals surface area contributed by atoms with Crippen molar-refractivity contribution in [2.75, 3.05) is 44.8 Å². The summed E-state index contributed by atoms with van der Waals surface area (Å²) < 4.78 is 6.61. The van der Waals surface area contributed by atoms with E-state index in [1.165, 1.54) is 4.57 Å². The Kier molecular flexibility index (Phi) is 5.94. The molecule has 1 aliphatic rings. The van der Waals surface area contributed by atoms with Gasteiger partial charge in [0.15, 0.2) is 11.3 Å². The van der Waals surface area contributed by atoms with E-state index in [1.54, 1.807) is 48.8 Å². The summed E-state index contributed by atoms with van der Waals surface area (Å²) in [4.78, 5) is 47.1. The van der Waals surface area contributed by atoms with Crippen LogP contribution in [0.15, 0.2) is 41.6 Å². The molecule has 1 saturated heterocycles. The number of hydrogen-bond donors (Lipinski definition) is 0. The van der Waals surface area contributed by atoms with Gasteiger partial charge in [0.1, 0.15) is 5.52 Å². The van der Waals surface area contributed by atoms with Gasteiger partial charge in [-0.15, -0.1) is 0 Å². The van der Waals surface area contributed by atoms with E-state index in [9.17, 15) is 9.59 Å². The van der Waals surface area contributed by atoms with Crippen LogP contribution in [0.3, 0.4) is 0 Å². The first-order valence-corrected chi connectivity index (χ1v) is 9.85. The number of amides is 1. The zero-order valence-corrected chi connectivity index (χ0v) is 16.8. The lowest BCUT2D eigenvalue weighted by Crippen LogP contribution is -2.50. The number of ether oxygens (including phenoxy) is 1. The van der Waals surface area contributed by atoms with Crippen molar-refractivity contribution in [3.8, 4) is 0 Å². The van der Waals surface area contributed by atoms with Gasteiger partial charge in [-0.25, -0.2) is 19.9 Å². The molecule has 3 aromatic heterocycles. The minimum atomic E-state index is -0.420. The van der Waals surface area contributed by atoms with Crippen LogP contribution in [0.5, 0.6) is 0 Å². The van der Waals surface area contributed by atoms with Gasteiger partial charge in [0, 0.05) is 65.0 Å². The van der Waals surface area contributed by atoms with Gasteiger partial charge in [0.2, 0.25) is 5.95 Å². The topological polar surface area (TPSA) is 106 Å². The van der Waals surface area contributed by atoms with Crippen LogP contribution in [0.25, 0.3) is 11.2 Å². The molecule has 0 aliphatic carbocycles. The van der Waals surface area contributed by atoms with Gasteiger partial charge in [-0.2, -0.15) is 0 Å². The minimum Gasteiger partial charge on any atom is -0.385 e. The molecule has 0 bridgehead atoms. The summed E-state index contributed by atoms with van der Waals surface area (Å²) >= 11 is 0. The third kappa shape index (κ3) is 3.99. The molecule has 156 valence electrons. The molecule has 0 N–H and O–H groups in total. The lowest BCUT2D eigenvalue weighted by atomic mass is 10.2. The molecule has 0 atom stereocenters. The second-order valence-corrected chi connectivity index (χ2v) is 6.94. The Morgan fingerprint density at radius 3 is 2.53 bits per heavy atom. The second kappa shape index (κ2) is 8.95. The highest BCUT2D eigenvalue weighted by Crippen LogP contribution is 2.13. The summed E-state index contributed by atoms with van der Waals surface area (Å²) in [5, 5.41) is 0. The van der Waals surface area contributed by atoms with Gasteiger partial charge in [-0.05, 0) is 24.6 Å². The molecule has 10 nitrogen and oxygen atoms in total. The fraction of sp³-hybridized carbons (Fsp3) is 0.400. The van der Waals surface area contributed by atoms with Crippen molar-refractivity contribution in [2.24, 2.45) is 0 Å². The van der Waals surface area contributed by atoms with Gasteiger partial charge in [0.05, 0.1) is 0 Å². The predicted molar refractivity (Wildman–Crippen MR) is 110 cm³/mol. The maximum atomic E-state index is 13.1. The van der Waals surface area contributed by atoms with Crippen molar-refractivity contribution in [2.45, 2.75) is 13.0 Å². The Morgan fingerprint density at radius 2 is 1.80 bits per heavy atom. The van der Waals surface area contributed by atoms with E-state index in [2.05, 4.69) is 19.9 Å². The maximum absolute atomic E-state index is 13.1. The van der Waals surface area contributed by atoms with Gasteiger partial charge in [0.25, 0.3) is 11.5 Å². The summed E-state index contributed by atoms with van der Waals surface area (Å²) in [6.45, 7) is 3.03. The number of fused-ring (bicyclic) bond motifs is 1. The summed E-state index contributed by atoms with van der Waals surface area (Å²) in [5.41, 5.74) is 0.504. The number of aryl methyl sites for hydroxylation is 1. The highest BCUT2D eigenvalue weighted by atomic mass is 16.5. The molecule has 0 saturated carbocycles. The average molecular weight is 409 g/mol. The maximum Gasteiger partial charge on any atom is 0.283 e. The van der Waals surface area contributed by atoms with Gasteiger partial charge >= 0.3 is 0 Å². The molecule has 4 heterocycles. The van der Waals surface area contributed by atoms with Crippen LogP contribution in [0, 0.1) is 0 Å². The highest BCUT2D eigenvalue weighted by molar-refractivity contribution is 5.93. The number of piperazine rings is 1. The van der Waals surface area contributed by atoms with E-state index in [0.29, 0.717) is 62.9 Å². The Hall–Kier alpha value is -3.40. The Labute approximate surface area is 173 Å². The smallest absolute Gasteiger partial charge is 0.283 e. The van der Waals surface area contributed by atoms with Crippen LogP contribution in [-0.4, -0.2) is 75.2 Å². The number of pyridine rings is 1. The molecule has 0 radical (unpaired) electrons. The van der Waals surface area contributed by atoms with Gasteiger partial charge in [-0.1, -0.05) is 0 Å². The molecule has 30 heavy (non-hydrogen) atoms. The first-order chi connectivity index (χ1) is 14.7. The lowest BCUT2D eigenvalue weighted by molar-refractivity contribution is 0.0738. The van der Waals surface area contributed by atoms with Crippen molar-refractivity contribution in [3.05, 3.63) is 52.8 Å². The number of carbonyl (C=O) groups is 1.